The molecule has 19 heavy (non-hydrogen) atoms. The van der Waals surface area contributed by atoms with E-state index >= 15 is 0 Å². The van der Waals surface area contributed by atoms with Crippen molar-refractivity contribution in [3.05, 3.63) is 21.4 Å². The summed E-state index contributed by atoms with van der Waals surface area (Å²) in [6.07, 6.45) is 3.13. The molecule has 104 valence electrons. The highest BCUT2D eigenvalue weighted by atomic mass is 32.1. The molecule has 1 aliphatic rings. The van der Waals surface area contributed by atoms with Gasteiger partial charge in [0.25, 0.3) is 5.91 Å². The molecule has 1 aromatic heterocycles. The van der Waals surface area contributed by atoms with Crippen LogP contribution in [0, 0.1) is 5.92 Å². The van der Waals surface area contributed by atoms with Crippen molar-refractivity contribution in [1.29, 1.82) is 0 Å². The summed E-state index contributed by atoms with van der Waals surface area (Å²) in [6, 6.07) is -0.615. The van der Waals surface area contributed by atoms with E-state index in [-0.39, 0.29) is 5.91 Å². The van der Waals surface area contributed by atoms with E-state index in [1.165, 1.54) is 12.0 Å². The fourth-order valence-electron chi connectivity index (χ4n) is 2.38. The molecule has 0 bridgehead atoms. The van der Waals surface area contributed by atoms with Gasteiger partial charge in [0.15, 0.2) is 0 Å². The van der Waals surface area contributed by atoms with Gasteiger partial charge in [0.05, 0.1) is 12.7 Å². The number of carbonyl (C=O) groups is 2. The van der Waals surface area contributed by atoms with Gasteiger partial charge in [-0.1, -0.05) is 6.92 Å². The van der Waals surface area contributed by atoms with Gasteiger partial charge in [-0.3, -0.25) is 4.79 Å². The van der Waals surface area contributed by atoms with E-state index in [9.17, 15) is 9.59 Å². The molecule has 1 aromatic rings. The summed E-state index contributed by atoms with van der Waals surface area (Å²) in [5.74, 6) is 0.0899. The predicted molar refractivity (Wildman–Crippen MR) is 74.5 cm³/mol. The highest BCUT2D eigenvalue weighted by Gasteiger charge is 2.25. The monoisotopic (exact) mass is 281 g/mol. The summed E-state index contributed by atoms with van der Waals surface area (Å²) in [5, 5.41) is 4.59. The van der Waals surface area contributed by atoms with Gasteiger partial charge in [0, 0.05) is 10.3 Å². The number of fused-ring (bicyclic) bond motifs is 1. The van der Waals surface area contributed by atoms with Gasteiger partial charge in [0.2, 0.25) is 0 Å². The number of methoxy groups -OCH3 is 1. The van der Waals surface area contributed by atoms with Crippen molar-refractivity contribution in [3.63, 3.8) is 0 Å². The lowest BCUT2D eigenvalue weighted by Crippen LogP contribution is -2.39. The molecule has 1 heterocycles. The molecule has 0 spiro atoms. The molecule has 1 N–H and O–H groups in total. The van der Waals surface area contributed by atoms with Crippen LogP contribution in [0.1, 0.15) is 41.1 Å². The van der Waals surface area contributed by atoms with Crippen LogP contribution in [0.15, 0.2) is 5.38 Å². The Kier molecular flexibility index (Phi) is 4.24. The smallest absolute Gasteiger partial charge is 0.328 e. The number of thiophene rings is 1. The van der Waals surface area contributed by atoms with Crippen molar-refractivity contribution >= 4 is 23.2 Å². The first kappa shape index (κ1) is 14.1. The quantitative estimate of drug-likeness (QED) is 0.864. The average molecular weight is 281 g/mol. The average Bonchev–Trinajstić information content (AvgIpc) is 2.80. The third-order valence-electron chi connectivity index (χ3n) is 3.55. The molecule has 2 unspecified atom stereocenters. The zero-order chi connectivity index (χ0) is 14.0. The number of nitrogens with one attached hydrogen (secondary N) is 1. The van der Waals surface area contributed by atoms with Crippen molar-refractivity contribution in [2.24, 2.45) is 5.92 Å². The third kappa shape index (κ3) is 2.97. The van der Waals surface area contributed by atoms with E-state index in [1.54, 1.807) is 18.3 Å². The van der Waals surface area contributed by atoms with Crippen LogP contribution in [0.4, 0.5) is 0 Å². The second-order valence-electron chi connectivity index (χ2n) is 5.12. The van der Waals surface area contributed by atoms with Crippen molar-refractivity contribution in [1.82, 2.24) is 5.32 Å². The lowest BCUT2D eigenvalue weighted by Gasteiger charge is -2.19. The summed E-state index contributed by atoms with van der Waals surface area (Å²) < 4.78 is 4.61. The Balaban J connectivity index is 2.10. The van der Waals surface area contributed by atoms with Crippen molar-refractivity contribution < 1.29 is 14.3 Å². The van der Waals surface area contributed by atoms with E-state index in [0.717, 1.165) is 30.4 Å². The molecule has 1 amide bonds. The van der Waals surface area contributed by atoms with Gasteiger partial charge in [-0.2, -0.15) is 0 Å². The molecule has 1 aliphatic carbocycles. The van der Waals surface area contributed by atoms with E-state index in [1.807, 2.05) is 5.38 Å². The molecule has 0 saturated heterocycles. The second kappa shape index (κ2) is 5.74. The number of ether oxygens (including phenoxy) is 1. The molecule has 4 nitrogen and oxygen atoms in total. The zero-order valence-electron chi connectivity index (χ0n) is 11.5. The number of hydrogen-bond acceptors (Lipinski definition) is 4. The fraction of sp³-hybridized carbons (Fsp3) is 0.571. The van der Waals surface area contributed by atoms with Gasteiger partial charge < -0.3 is 10.1 Å². The zero-order valence-corrected chi connectivity index (χ0v) is 12.3. The van der Waals surface area contributed by atoms with Gasteiger partial charge in [0.1, 0.15) is 6.04 Å². The van der Waals surface area contributed by atoms with Crippen molar-refractivity contribution in [3.8, 4) is 0 Å². The number of hydrogen-bond donors (Lipinski definition) is 1. The normalized spacial score (nSPS) is 19.4. The molecule has 0 fully saturated rings. The molecule has 0 aliphatic heterocycles. The maximum absolute atomic E-state index is 12.2. The molecule has 2 rings (SSSR count). The fourth-order valence-corrected chi connectivity index (χ4v) is 3.62. The number of esters is 1. The Morgan fingerprint density at radius 2 is 2.26 bits per heavy atom. The first-order valence-corrected chi connectivity index (χ1v) is 7.38. The predicted octanol–water partition coefficient (Wildman–Crippen LogP) is 2.16. The summed E-state index contributed by atoms with van der Waals surface area (Å²) in [6.45, 7) is 3.87. The highest BCUT2D eigenvalue weighted by Crippen LogP contribution is 2.32. The number of carbonyl (C=O) groups excluding carboxylic acids is 2. The summed E-state index contributed by atoms with van der Waals surface area (Å²) in [4.78, 5) is 24.8. The minimum absolute atomic E-state index is 0.176. The van der Waals surface area contributed by atoms with Crippen molar-refractivity contribution in [2.75, 3.05) is 7.11 Å². The van der Waals surface area contributed by atoms with Crippen LogP contribution >= 0.6 is 11.3 Å². The van der Waals surface area contributed by atoms with Crippen LogP contribution in [0.25, 0.3) is 0 Å². The number of amides is 1. The molecule has 2 atom stereocenters. The molecular weight excluding hydrogens is 262 g/mol. The van der Waals surface area contributed by atoms with Gasteiger partial charge >= 0.3 is 5.97 Å². The minimum Gasteiger partial charge on any atom is -0.467 e. The summed E-state index contributed by atoms with van der Waals surface area (Å²) >= 11 is 1.65. The first-order chi connectivity index (χ1) is 9.02. The van der Waals surface area contributed by atoms with Crippen molar-refractivity contribution in [2.45, 2.75) is 39.2 Å². The Hall–Kier alpha value is -1.36. The van der Waals surface area contributed by atoms with Gasteiger partial charge in [-0.25, -0.2) is 4.79 Å². The Morgan fingerprint density at radius 3 is 2.95 bits per heavy atom. The molecule has 0 aromatic carbocycles. The molecule has 5 heteroatoms. The van der Waals surface area contributed by atoms with Crippen LogP contribution < -0.4 is 5.32 Å². The lowest BCUT2D eigenvalue weighted by atomic mass is 9.88. The van der Waals surface area contributed by atoms with E-state index < -0.39 is 12.0 Å². The summed E-state index contributed by atoms with van der Waals surface area (Å²) in [7, 11) is 1.32. The first-order valence-electron chi connectivity index (χ1n) is 6.50. The van der Waals surface area contributed by atoms with Crippen LogP contribution in [0.5, 0.6) is 0 Å². The van der Waals surface area contributed by atoms with Crippen LogP contribution in [-0.2, 0) is 22.4 Å². The maximum atomic E-state index is 12.2. The lowest BCUT2D eigenvalue weighted by molar-refractivity contribution is -0.142. The molecule has 0 radical (unpaired) electrons. The standard InChI is InChI=1S/C14H19NO3S/c1-8-4-5-10-11(7-19-12(10)6-8)13(16)15-9(2)14(17)18-3/h7-9H,4-6H2,1-3H3,(H,15,16). The van der Waals surface area contributed by atoms with Crippen LogP contribution in [0.2, 0.25) is 0 Å². The topological polar surface area (TPSA) is 55.4 Å². The van der Waals surface area contributed by atoms with E-state index in [0.29, 0.717) is 5.92 Å². The van der Waals surface area contributed by atoms with Crippen LogP contribution in [-0.4, -0.2) is 25.0 Å². The Bertz CT molecular complexity index is 495. The summed E-state index contributed by atoms with van der Waals surface area (Å²) in [5.41, 5.74) is 1.89. The highest BCUT2D eigenvalue weighted by molar-refractivity contribution is 7.10. The van der Waals surface area contributed by atoms with Crippen LogP contribution in [0.3, 0.4) is 0 Å². The number of rotatable bonds is 3. The molecule has 0 saturated carbocycles. The van der Waals surface area contributed by atoms with E-state index in [2.05, 4.69) is 17.0 Å². The van der Waals surface area contributed by atoms with Gasteiger partial charge in [-0.15, -0.1) is 11.3 Å². The Labute approximate surface area is 117 Å². The van der Waals surface area contributed by atoms with Gasteiger partial charge in [-0.05, 0) is 37.7 Å². The largest absolute Gasteiger partial charge is 0.467 e. The minimum atomic E-state index is -0.615. The second-order valence-corrected chi connectivity index (χ2v) is 6.08. The third-order valence-corrected chi connectivity index (χ3v) is 4.60. The Morgan fingerprint density at radius 1 is 1.53 bits per heavy atom. The van der Waals surface area contributed by atoms with E-state index in [4.69, 9.17) is 0 Å². The SMILES string of the molecule is COC(=O)C(C)NC(=O)c1csc2c1CCC(C)C2. The molecular formula is C14H19NO3S. The maximum Gasteiger partial charge on any atom is 0.328 e.